The van der Waals surface area contributed by atoms with Crippen molar-refractivity contribution in [3.05, 3.63) is 0 Å². The predicted molar refractivity (Wildman–Crippen MR) is 35.5 cm³/mol. The highest BCUT2D eigenvalue weighted by molar-refractivity contribution is 5.79. The summed E-state index contributed by atoms with van der Waals surface area (Å²) in [5.41, 5.74) is 12.0. The van der Waals surface area contributed by atoms with E-state index in [2.05, 4.69) is 0 Å². The average molecular weight is 129 g/mol. The number of primary amides is 1. The first kappa shape index (κ1) is 8.43. The first-order valence-corrected chi connectivity index (χ1v) is 3.10. The molecular formula is C6H13N2O. The smallest absolute Gasteiger partial charge is 0.236 e. The number of nitrogens with one attached hydrogen (secondary N) is 1. The Morgan fingerprint density at radius 1 is 1.78 bits per heavy atom. The summed E-state index contributed by atoms with van der Waals surface area (Å²) in [5, 5.41) is 0. The van der Waals surface area contributed by atoms with Gasteiger partial charge in [0.1, 0.15) is 6.04 Å². The Kier molecular flexibility index (Phi) is 3.24. The van der Waals surface area contributed by atoms with Crippen LogP contribution in [-0.2, 0) is 4.79 Å². The van der Waals surface area contributed by atoms with Gasteiger partial charge >= 0.3 is 0 Å². The van der Waals surface area contributed by atoms with Crippen molar-refractivity contribution in [2.75, 3.05) is 0 Å². The van der Waals surface area contributed by atoms with Crippen LogP contribution < -0.4 is 11.5 Å². The van der Waals surface area contributed by atoms with Crippen LogP contribution in [0.3, 0.4) is 0 Å². The molecule has 0 aliphatic carbocycles. The van der Waals surface area contributed by atoms with Crippen molar-refractivity contribution in [1.82, 2.24) is 5.73 Å². The van der Waals surface area contributed by atoms with E-state index < -0.39 is 11.9 Å². The summed E-state index contributed by atoms with van der Waals surface area (Å²) in [6.45, 7) is 3.79. The molecule has 0 saturated carbocycles. The second-order valence-electron chi connectivity index (χ2n) is 2.27. The Morgan fingerprint density at radius 2 is 2.22 bits per heavy atom. The van der Waals surface area contributed by atoms with Crippen LogP contribution in [0.15, 0.2) is 0 Å². The Bertz CT molecular complexity index is 103. The highest BCUT2D eigenvalue weighted by atomic mass is 16.1. The van der Waals surface area contributed by atoms with Gasteiger partial charge in [-0.05, 0) is 5.92 Å². The van der Waals surface area contributed by atoms with E-state index in [-0.39, 0.29) is 5.92 Å². The van der Waals surface area contributed by atoms with Gasteiger partial charge in [-0.3, -0.25) is 4.79 Å². The van der Waals surface area contributed by atoms with Crippen molar-refractivity contribution < 1.29 is 4.79 Å². The molecule has 2 atom stereocenters. The van der Waals surface area contributed by atoms with E-state index in [1.165, 1.54) is 0 Å². The van der Waals surface area contributed by atoms with E-state index in [1.807, 2.05) is 13.8 Å². The molecule has 0 aliphatic heterocycles. The molecule has 1 amide bonds. The normalized spacial score (nSPS) is 16.8. The molecular weight excluding hydrogens is 116 g/mol. The second kappa shape index (κ2) is 3.45. The van der Waals surface area contributed by atoms with Gasteiger partial charge in [-0.15, -0.1) is 0 Å². The van der Waals surface area contributed by atoms with Gasteiger partial charge < -0.3 is 5.73 Å². The molecule has 1 radical (unpaired) electrons. The van der Waals surface area contributed by atoms with E-state index in [9.17, 15) is 4.79 Å². The molecule has 2 unspecified atom stereocenters. The van der Waals surface area contributed by atoms with E-state index in [4.69, 9.17) is 11.5 Å². The minimum atomic E-state index is -0.727. The van der Waals surface area contributed by atoms with Gasteiger partial charge in [-0.25, -0.2) is 5.73 Å². The SMILES string of the molecule is CCC(C)C([NH])C(N)=O. The van der Waals surface area contributed by atoms with Gasteiger partial charge in [0.15, 0.2) is 0 Å². The Balaban J connectivity index is 3.72. The van der Waals surface area contributed by atoms with Crippen molar-refractivity contribution in [3.63, 3.8) is 0 Å². The van der Waals surface area contributed by atoms with Crippen LogP contribution in [0.4, 0.5) is 0 Å². The third kappa shape index (κ3) is 2.46. The molecule has 0 aromatic rings. The van der Waals surface area contributed by atoms with Crippen molar-refractivity contribution in [2.24, 2.45) is 11.7 Å². The average Bonchev–Trinajstić information content (AvgIpc) is 1.84. The van der Waals surface area contributed by atoms with Crippen molar-refractivity contribution in [3.8, 4) is 0 Å². The Morgan fingerprint density at radius 3 is 2.33 bits per heavy atom. The monoisotopic (exact) mass is 129 g/mol. The highest BCUT2D eigenvalue weighted by Gasteiger charge is 2.16. The zero-order valence-electron chi connectivity index (χ0n) is 5.85. The van der Waals surface area contributed by atoms with E-state index >= 15 is 0 Å². The number of nitrogens with two attached hydrogens (primary N) is 1. The summed E-state index contributed by atoms with van der Waals surface area (Å²) < 4.78 is 0. The summed E-state index contributed by atoms with van der Waals surface area (Å²) in [5.74, 6) is -0.438. The fourth-order valence-corrected chi connectivity index (χ4v) is 0.516. The number of carbonyl (C=O) groups excluding carboxylic acids is 1. The summed E-state index contributed by atoms with van der Waals surface area (Å²) in [6, 6.07) is -0.727. The van der Waals surface area contributed by atoms with Gasteiger partial charge in [-0.2, -0.15) is 0 Å². The topological polar surface area (TPSA) is 66.9 Å². The number of amides is 1. The number of carbonyl (C=O) groups is 1. The first-order valence-electron chi connectivity index (χ1n) is 3.10. The molecule has 3 nitrogen and oxygen atoms in total. The molecule has 0 fully saturated rings. The fraction of sp³-hybridized carbons (Fsp3) is 0.833. The molecule has 53 valence electrons. The van der Waals surface area contributed by atoms with Gasteiger partial charge in [0.2, 0.25) is 5.91 Å². The van der Waals surface area contributed by atoms with Crippen LogP contribution in [0.2, 0.25) is 0 Å². The van der Waals surface area contributed by atoms with E-state index in [0.717, 1.165) is 6.42 Å². The lowest BCUT2D eigenvalue weighted by Crippen LogP contribution is -2.34. The van der Waals surface area contributed by atoms with E-state index in [1.54, 1.807) is 0 Å². The lowest BCUT2D eigenvalue weighted by atomic mass is 10.00. The van der Waals surface area contributed by atoms with Crippen molar-refractivity contribution in [2.45, 2.75) is 26.3 Å². The largest absolute Gasteiger partial charge is 0.368 e. The van der Waals surface area contributed by atoms with Gasteiger partial charge in [0.25, 0.3) is 0 Å². The maximum atomic E-state index is 10.3. The second-order valence-corrected chi connectivity index (χ2v) is 2.27. The highest BCUT2D eigenvalue weighted by Crippen LogP contribution is 2.04. The number of hydrogen-bond donors (Lipinski definition) is 1. The standard InChI is InChI=1S/C6H13N2O/c1-3-4(2)5(7)6(8)9/h4-5,7H,3H2,1-2H3,(H2,8,9). The number of hydrogen-bond acceptors (Lipinski definition) is 1. The molecule has 0 bridgehead atoms. The minimum Gasteiger partial charge on any atom is -0.368 e. The number of rotatable bonds is 3. The van der Waals surface area contributed by atoms with Crippen molar-refractivity contribution in [1.29, 1.82) is 0 Å². The van der Waals surface area contributed by atoms with Crippen LogP contribution in [0.25, 0.3) is 0 Å². The van der Waals surface area contributed by atoms with Crippen molar-refractivity contribution >= 4 is 5.91 Å². The van der Waals surface area contributed by atoms with Crippen LogP contribution in [-0.4, -0.2) is 11.9 Å². The summed E-state index contributed by atoms with van der Waals surface area (Å²) in [7, 11) is 0. The molecule has 3 N–H and O–H groups in total. The van der Waals surface area contributed by atoms with Gasteiger partial charge in [0, 0.05) is 0 Å². The maximum absolute atomic E-state index is 10.3. The minimum absolute atomic E-state index is 0.0856. The Hall–Kier alpha value is -0.570. The quantitative estimate of drug-likeness (QED) is 0.580. The molecule has 0 aromatic heterocycles. The molecule has 3 heteroatoms. The predicted octanol–water partition coefficient (Wildman–Crippen LogP) is 0.169. The van der Waals surface area contributed by atoms with Crippen LogP contribution in [0.5, 0.6) is 0 Å². The molecule has 0 rings (SSSR count). The zero-order chi connectivity index (χ0) is 7.44. The third-order valence-electron chi connectivity index (χ3n) is 1.52. The molecule has 0 aliphatic rings. The molecule has 0 saturated heterocycles. The third-order valence-corrected chi connectivity index (χ3v) is 1.52. The lowest BCUT2D eigenvalue weighted by molar-refractivity contribution is -0.120. The summed E-state index contributed by atoms with van der Waals surface area (Å²) in [4.78, 5) is 10.3. The molecule has 0 heterocycles. The van der Waals surface area contributed by atoms with Gasteiger partial charge in [0.05, 0.1) is 0 Å². The summed E-state index contributed by atoms with van der Waals surface area (Å²) in [6.07, 6.45) is 0.830. The molecule has 9 heavy (non-hydrogen) atoms. The molecule has 0 aromatic carbocycles. The van der Waals surface area contributed by atoms with Crippen LogP contribution in [0, 0.1) is 5.92 Å². The maximum Gasteiger partial charge on any atom is 0.236 e. The van der Waals surface area contributed by atoms with Gasteiger partial charge in [-0.1, -0.05) is 20.3 Å². The van der Waals surface area contributed by atoms with E-state index in [0.29, 0.717) is 0 Å². The molecule has 0 spiro atoms. The van der Waals surface area contributed by atoms with Crippen LogP contribution in [0.1, 0.15) is 20.3 Å². The fourth-order valence-electron chi connectivity index (χ4n) is 0.516. The lowest BCUT2D eigenvalue weighted by Gasteiger charge is -2.12. The first-order chi connectivity index (χ1) is 4.09. The zero-order valence-corrected chi connectivity index (χ0v) is 5.85. The Labute approximate surface area is 55.4 Å². The summed E-state index contributed by atoms with van der Waals surface area (Å²) >= 11 is 0. The van der Waals surface area contributed by atoms with Crippen LogP contribution >= 0.6 is 0 Å².